The van der Waals surface area contributed by atoms with E-state index in [4.69, 9.17) is 0 Å². The molecule has 2 aromatic carbocycles. The molecule has 3 atom stereocenters. The fourth-order valence-corrected chi connectivity index (χ4v) is 4.79. The lowest BCUT2D eigenvalue weighted by Crippen LogP contribution is -2.48. The van der Waals surface area contributed by atoms with Crippen molar-refractivity contribution < 1.29 is 9.59 Å². The van der Waals surface area contributed by atoms with Crippen molar-refractivity contribution in [3.05, 3.63) is 71.8 Å². The van der Waals surface area contributed by atoms with Crippen molar-refractivity contribution in [1.82, 2.24) is 9.80 Å². The maximum atomic E-state index is 13.3. The number of nitrogens with zero attached hydrogens (tertiary/aromatic N) is 2. The monoisotopic (exact) mass is 362 g/mol. The van der Waals surface area contributed by atoms with Gasteiger partial charge in [-0.05, 0) is 37.0 Å². The van der Waals surface area contributed by atoms with Crippen LogP contribution < -0.4 is 0 Å². The highest BCUT2D eigenvalue weighted by Gasteiger charge is 2.48. The van der Waals surface area contributed by atoms with Crippen LogP contribution in [0.25, 0.3) is 0 Å². The van der Waals surface area contributed by atoms with Crippen molar-refractivity contribution in [2.45, 2.75) is 44.2 Å². The van der Waals surface area contributed by atoms with Gasteiger partial charge in [0.05, 0.1) is 12.1 Å². The first kappa shape index (κ1) is 17.8. The largest absolute Gasteiger partial charge is 0.337 e. The fraction of sp³-hybridized carbons (Fsp3) is 0.391. The first-order chi connectivity index (χ1) is 13.2. The van der Waals surface area contributed by atoms with Crippen LogP contribution in [-0.4, -0.2) is 46.8 Å². The SMILES string of the molecule is CC(=O)N1CCCC[C@H]2[C@@H]1[C@H](c1ccccc1)CN2C(=O)c1ccccc1. The van der Waals surface area contributed by atoms with Crippen molar-refractivity contribution >= 4 is 11.8 Å². The summed E-state index contributed by atoms with van der Waals surface area (Å²) >= 11 is 0. The molecule has 4 rings (SSSR count). The van der Waals surface area contributed by atoms with E-state index in [0.29, 0.717) is 6.54 Å². The van der Waals surface area contributed by atoms with E-state index in [2.05, 4.69) is 12.1 Å². The Hall–Kier alpha value is -2.62. The second-order valence-corrected chi connectivity index (χ2v) is 7.61. The zero-order valence-electron chi connectivity index (χ0n) is 15.8. The number of carbonyl (C=O) groups excluding carboxylic acids is 2. The molecule has 0 aliphatic carbocycles. The van der Waals surface area contributed by atoms with Crippen molar-refractivity contribution in [3.63, 3.8) is 0 Å². The van der Waals surface area contributed by atoms with Gasteiger partial charge in [0.15, 0.2) is 0 Å². The van der Waals surface area contributed by atoms with Gasteiger partial charge >= 0.3 is 0 Å². The summed E-state index contributed by atoms with van der Waals surface area (Å²) < 4.78 is 0. The summed E-state index contributed by atoms with van der Waals surface area (Å²) in [5.41, 5.74) is 1.94. The standard InChI is InChI=1S/C23H26N2O2/c1-17(26)24-15-9-8-14-21-22(24)20(18-10-4-2-5-11-18)16-25(21)23(27)19-12-6-3-7-13-19/h2-7,10-13,20-22H,8-9,14-16H2,1H3/t20-,21-,22-/m0/s1. The minimum absolute atomic E-state index is 0.0556. The highest BCUT2D eigenvalue weighted by molar-refractivity contribution is 5.95. The number of hydrogen-bond acceptors (Lipinski definition) is 2. The summed E-state index contributed by atoms with van der Waals surface area (Å²) in [5, 5.41) is 0. The van der Waals surface area contributed by atoms with E-state index in [0.717, 1.165) is 31.4 Å². The van der Waals surface area contributed by atoms with E-state index in [9.17, 15) is 9.59 Å². The molecule has 140 valence electrons. The molecule has 2 amide bonds. The Kier molecular flexibility index (Phi) is 4.97. The van der Waals surface area contributed by atoms with Crippen LogP contribution in [0.15, 0.2) is 60.7 Å². The molecule has 0 aromatic heterocycles. The third-order valence-electron chi connectivity index (χ3n) is 6.02. The van der Waals surface area contributed by atoms with Gasteiger partial charge < -0.3 is 9.80 Å². The first-order valence-corrected chi connectivity index (χ1v) is 9.85. The molecule has 2 aliphatic rings. The molecule has 2 heterocycles. The average Bonchev–Trinajstić information content (AvgIpc) is 2.93. The van der Waals surface area contributed by atoms with Crippen LogP contribution in [0.2, 0.25) is 0 Å². The number of amides is 2. The molecule has 0 saturated carbocycles. The molecule has 0 radical (unpaired) electrons. The maximum absolute atomic E-state index is 13.3. The van der Waals surface area contributed by atoms with Crippen molar-refractivity contribution in [3.8, 4) is 0 Å². The number of hydrogen-bond donors (Lipinski definition) is 0. The maximum Gasteiger partial charge on any atom is 0.254 e. The van der Waals surface area contributed by atoms with E-state index in [1.54, 1.807) is 6.92 Å². The number of benzene rings is 2. The number of carbonyl (C=O) groups is 2. The summed E-state index contributed by atoms with van der Waals surface area (Å²) in [5.74, 6) is 0.349. The van der Waals surface area contributed by atoms with Crippen LogP contribution >= 0.6 is 0 Å². The van der Waals surface area contributed by atoms with Gasteiger partial charge in [0.2, 0.25) is 5.91 Å². The van der Waals surface area contributed by atoms with Gasteiger partial charge in [0.1, 0.15) is 0 Å². The normalized spacial score (nSPS) is 25.0. The van der Waals surface area contributed by atoms with E-state index in [1.807, 2.05) is 58.3 Å². The van der Waals surface area contributed by atoms with Crippen LogP contribution in [-0.2, 0) is 4.79 Å². The molecular formula is C23H26N2O2. The zero-order chi connectivity index (χ0) is 18.8. The first-order valence-electron chi connectivity index (χ1n) is 9.85. The molecule has 4 heteroatoms. The summed E-state index contributed by atoms with van der Waals surface area (Å²) in [6.45, 7) is 3.11. The molecule has 2 saturated heterocycles. The number of rotatable bonds is 2. The predicted octanol–water partition coefficient (Wildman–Crippen LogP) is 3.70. The Morgan fingerprint density at radius 1 is 0.889 bits per heavy atom. The predicted molar refractivity (Wildman–Crippen MR) is 105 cm³/mol. The Labute approximate surface area is 160 Å². The smallest absolute Gasteiger partial charge is 0.254 e. The lowest BCUT2D eigenvalue weighted by molar-refractivity contribution is -0.131. The Morgan fingerprint density at radius 2 is 1.56 bits per heavy atom. The van der Waals surface area contributed by atoms with Crippen molar-refractivity contribution in [2.75, 3.05) is 13.1 Å². The summed E-state index contributed by atoms with van der Waals surface area (Å²) in [4.78, 5) is 29.8. The van der Waals surface area contributed by atoms with E-state index >= 15 is 0 Å². The number of fused-ring (bicyclic) bond motifs is 1. The van der Waals surface area contributed by atoms with Gasteiger partial charge in [0.25, 0.3) is 5.91 Å². The third-order valence-corrected chi connectivity index (χ3v) is 6.02. The second kappa shape index (κ2) is 7.55. The Bertz CT molecular complexity index is 806. The molecule has 0 spiro atoms. The van der Waals surface area contributed by atoms with Crippen molar-refractivity contribution in [2.24, 2.45) is 0 Å². The molecule has 2 fully saturated rings. The van der Waals surface area contributed by atoms with Crippen LogP contribution in [0.4, 0.5) is 0 Å². The minimum atomic E-state index is 0.0556. The van der Waals surface area contributed by atoms with Gasteiger partial charge in [-0.3, -0.25) is 9.59 Å². The molecule has 27 heavy (non-hydrogen) atoms. The lowest BCUT2D eigenvalue weighted by atomic mass is 9.89. The topological polar surface area (TPSA) is 40.6 Å². The second-order valence-electron chi connectivity index (χ2n) is 7.61. The highest BCUT2D eigenvalue weighted by Crippen LogP contribution is 2.40. The van der Waals surface area contributed by atoms with Gasteiger partial charge in [-0.15, -0.1) is 0 Å². The summed E-state index contributed by atoms with van der Waals surface area (Å²) in [6.07, 6.45) is 3.00. The lowest BCUT2D eigenvalue weighted by Gasteiger charge is -2.34. The van der Waals surface area contributed by atoms with E-state index in [-0.39, 0.29) is 29.8 Å². The fourth-order valence-electron chi connectivity index (χ4n) is 4.79. The zero-order valence-corrected chi connectivity index (χ0v) is 15.8. The van der Waals surface area contributed by atoms with Gasteiger partial charge in [-0.2, -0.15) is 0 Å². The molecule has 2 aromatic rings. The van der Waals surface area contributed by atoms with Crippen LogP contribution in [0, 0.1) is 0 Å². The van der Waals surface area contributed by atoms with Crippen LogP contribution in [0.5, 0.6) is 0 Å². The molecule has 0 unspecified atom stereocenters. The molecular weight excluding hydrogens is 336 g/mol. The average molecular weight is 362 g/mol. The van der Waals surface area contributed by atoms with Gasteiger partial charge in [0, 0.05) is 31.5 Å². The van der Waals surface area contributed by atoms with Crippen molar-refractivity contribution in [1.29, 1.82) is 0 Å². The summed E-state index contributed by atoms with van der Waals surface area (Å²) in [7, 11) is 0. The third kappa shape index (κ3) is 3.36. The molecule has 2 aliphatic heterocycles. The van der Waals surface area contributed by atoms with E-state index in [1.165, 1.54) is 5.56 Å². The summed E-state index contributed by atoms with van der Waals surface area (Å²) in [6, 6.07) is 20.0. The highest BCUT2D eigenvalue weighted by atomic mass is 16.2. The molecule has 4 nitrogen and oxygen atoms in total. The minimum Gasteiger partial charge on any atom is -0.337 e. The van der Waals surface area contributed by atoms with Gasteiger partial charge in [-0.1, -0.05) is 48.5 Å². The molecule has 0 bridgehead atoms. The van der Waals surface area contributed by atoms with Crippen LogP contribution in [0.3, 0.4) is 0 Å². The Balaban J connectivity index is 1.74. The quantitative estimate of drug-likeness (QED) is 0.817. The number of likely N-dealkylation sites (tertiary alicyclic amines) is 2. The Morgan fingerprint density at radius 3 is 2.22 bits per heavy atom. The van der Waals surface area contributed by atoms with Crippen LogP contribution in [0.1, 0.15) is 48.0 Å². The van der Waals surface area contributed by atoms with E-state index < -0.39 is 0 Å². The molecule has 0 N–H and O–H groups in total. The van der Waals surface area contributed by atoms with Gasteiger partial charge in [-0.25, -0.2) is 0 Å².